The van der Waals surface area contributed by atoms with E-state index in [0.29, 0.717) is 12.4 Å². The summed E-state index contributed by atoms with van der Waals surface area (Å²) in [6.45, 7) is 0.601. The first kappa shape index (κ1) is 10.5. The van der Waals surface area contributed by atoms with Gasteiger partial charge in [-0.15, -0.1) is 0 Å². The van der Waals surface area contributed by atoms with Crippen molar-refractivity contribution in [2.75, 3.05) is 4.90 Å². The van der Waals surface area contributed by atoms with Crippen LogP contribution < -0.4 is 4.90 Å². The van der Waals surface area contributed by atoms with E-state index in [1.54, 1.807) is 11.1 Å². The molecule has 0 spiro atoms. The Balaban J connectivity index is 1.99. The van der Waals surface area contributed by atoms with E-state index in [-0.39, 0.29) is 5.91 Å². The highest BCUT2D eigenvalue weighted by Gasteiger charge is 2.28. The fourth-order valence-corrected chi connectivity index (χ4v) is 2.20. The maximum absolute atomic E-state index is 12.2. The number of rotatable bonds is 1. The van der Waals surface area contributed by atoms with Gasteiger partial charge in [-0.1, -0.05) is 18.2 Å². The van der Waals surface area contributed by atoms with Gasteiger partial charge in [0.05, 0.1) is 6.54 Å². The number of benzene rings is 1. The molecule has 0 atom stereocenters. The molecule has 3 rings (SSSR count). The molecule has 0 fully saturated rings. The van der Waals surface area contributed by atoms with E-state index in [2.05, 4.69) is 20.9 Å². The summed E-state index contributed by atoms with van der Waals surface area (Å²) in [6.07, 6.45) is 1.70. The predicted octanol–water partition coefficient (Wildman–Crippen LogP) is 3.00. The molecule has 0 bridgehead atoms. The molecular weight excluding hydrogens is 280 g/mol. The average Bonchev–Trinajstić information content (AvgIpc) is 2.69. The van der Waals surface area contributed by atoms with E-state index in [4.69, 9.17) is 0 Å². The topological polar surface area (TPSA) is 33.2 Å². The lowest BCUT2D eigenvalue weighted by molar-refractivity contribution is 0.0996. The van der Waals surface area contributed by atoms with Gasteiger partial charge in [0.2, 0.25) is 0 Å². The van der Waals surface area contributed by atoms with Crippen molar-refractivity contribution in [1.82, 2.24) is 4.98 Å². The monoisotopic (exact) mass is 288 g/mol. The number of pyridine rings is 1. The van der Waals surface area contributed by atoms with Crippen molar-refractivity contribution in [2.45, 2.75) is 6.54 Å². The van der Waals surface area contributed by atoms with Gasteiger partial charge in [0.25, 0.3) is 5.91 Å². The molecule has 2 heterocycles. The van der Waals surface area contributed by atoms with Crippen LogP contribution in [0.3, 0.4) is 0 Å². The van der Waals surface area contributed by atoms with Crippen molar-refractivity contribution in [2.24, 2.45) is 0 Å². The quantitative estimate of drug-likeness (QED) is 0.808. The molecule has 0 N–H and O–H groups in total. The number of hydrogen-bond acceptors (Lipinski definition) is 2. The van der Waals surface area contributed by atoms with Crippen LogP contribution in [0.2, 0.25) is 0 Å². The summed E-state index contributed by atoms with van der Waals surface area (Å²) in [5, 5.41) is 0. The normalized spacial score (nSPS) is 13.9. The predicted molar refractivity (Wildman–Crippen MR) is 68.9 cm³/mol. The van der Waals surface area contributed by atoms with Crippen molar-refractivity contribution in [1.29, 1.82) is 0 Å². The molecule has 1 amide bonds. The minimum Gasteiger partial charge on any atom is -0.288 e. The number of aromatic nitrogens is 1. The van der Waals surface area contributed by atoms with Crippen molar-refractivity contribution < 1.29 is 4.79 Å². The van der Waals surface area contributed by atoms with Gasteiger partial charge >= 0.3 is 0 Å². The van der Waals surface area contributed by atoms with Crippen LogP contribution in [0.5, 0.6) is 0 Å². The van der Waals surface area contributed by atoms with Crippen molar-refractivity contribution in [3.05, 3.63) is 58.2 Å². The highest BCUT2D eigenvalue weighted by atomic mass is 79.9. The molecule has 1 aromatic carbocycles. The maximum atomic E-state index is 12.2. The highest BCUT2D eigenvalue weighted by molar-refractivity contribution is 9.10. The number of fused-ring (bicyclic) bond motifs is 1. The first-order valence-electron chi connectivity index (χ1n) is 5.27. The van der Waals surface area contributed by atoms with E-state index in [9.17, 15) is 4.79 Å². The molecule has 1 aliphatic heterocycles. The molecule has 4 heteroatoms. The maximum Gasteiger partial charge on any atom is 0.260 e. The Morgan fingerprint density at radius 2 is 2.00 bits per heavy atom. The molecule has 84 valence electrons. The Morgan fingerprint density at radius 3 is 2.71 bits per heavy atom. The summed E-state index contributed by atoms with van der Waals surface area (Å²) in [5.74, 6) is 0.713. The van der Waals surface area contributed by atoms with Gasteiger partial charge in [-0.25, -0.2) is 4.98 Å². The van der Waals surface area contributed by atoms with Crippen molar-refractivity contribution >= 4 is 27.7 Å². The van der Waals surface area contributed by atoms with Crippen LogP contribution in [0.15, 0.2) is 47.1 Å². The zero-order valence-corrected chi connectivity index (χ0v) is 10.5. The second-order valence-corrected chi connectivity index (χ2v) is 4.80. The van der Waals surface area contributed by atoms with Crippen molar-refractivity contribution in [3.8, 4) is 0 Å². The van der Waals surface area contributed by atoms with Gasteiger partial charge in [0.15, 0.2) is 0 Å². The van der Waals surface area contributed by atoms with E-state index < -0.39 is 0 Å². The number of halogens is 1. The molecule has 17 heavy (non-hydrogen) atoms. The van der Waals surface area contributed by atoms with Crippen LogP contribution in [0.1, 0.15) is 15.9 Å². The molecule has 3 nitrogen and oxygen atoms in total. The third kappa shape index (κ3) is 1.74. The van der Waals surface area contributed by atoms with Gasteiger partial charge in [-0.05, 0) is 39.7 Å². The van der Waals surface area contributed by atoms with Gasteiger partial charge in [0, 0.05) is 16.2 Å². The molecule has 2 aromatic rings. The lowest BCUT2D eigenvalue weighted by atomic mass is 10.1. The molecule has 1 aromatic heterocycles. The van der Waals surface area contributed by atoms with Crippen LogP contribution in [-0.4, -0.2) is 10.9 Å². The van der Waals surface area contributed by atoms with Crippen LogP contribution in [-0.2, 0) is 6.54 Å². The number of carbonyl (C=O) groups excluding carboxylic acids is 1. The number of carbonyl (C=O) groups is 1. The van der Waals surface area contributed by atoms with E-state index >= 15 is 0 Å². The average molecular weight is 289 g/mol. The first-order valence-corrected chi connectivity index (χ1v) is 6.06. The first-order chi connectivity index (χ1) is 8.25. The van der Waals surface area contributed by atoms with Crippen LogP contribution in [0, 0.1) is 0 Å². The molecule has 0 unspecified atom stereocenters. The second kappa shape index (κ2) is 3.96. The molecule has 0 saturated heterocycles. The van der Waals surface area contributed by atoms with E-state index in [0.717, 1.165) is 15.6 Å². The minimum absolute atomic E-state index is 0.0235. The van der Waals surface area contributed by atoms with E-state index in [1.165, 1.54) is 0 Å². The van der Waals surface area contributed by atoms with Gasteiger partial charge in [-0.2, -0.15) is 0 Å². The molecular formula is C13H9BrN2O. The lowest BCUT2D eigenvalue weighted by Gasteiger charge is -2.13. The third-order valence-electron chi connectivity index (χ3n) is 2.81. The largest absolute Gasteiger partial charge is 0.288 e. The Labute approximate surface area is 107 Å². The SMILES string of the molecule is O=C1c2ccccc2CN1c1ccc(Br)cn1. The molecule has 1 aliphatic rings. The van der Waals surface area contributed by atoms with Gasteiger partial charge in [0.1, 0.15) is 5.82 Å². The fourth-order valence-electron chi connectivity index (χ4n) is 1.97. The Bertz CT molecular complexity index is 580. The summed E-state index contributed by atoms with van der Waals surface area (Å²) in [7, 11) is 0. The summed E-state index contributed by atoms with van der Waals surface area (Å²) in [5.41, 5.74) is 1.83. The zero-order chi connectivity index (χ0) is 11.8. The van der Waals surface area contributed by atoms with Crippen LogP contribution >= 0.6 is 15.9 Å². The van der Waals surface area contributed by atoms with Crippen LogP contribution in [0.25, 0.3) is 0 Å². The molecule has 0 saturated carbocycles. The number of anilines is 1. The number of hydrogen-bond donors (Lipinski definition) is 0. The number of nitrogens with zero attached hydrogens (tertiary/aromatic N) is 2. The Kier molecular flexibility index (Phi) is 2.44. The Hall–Kier alpha value is -1.68. The molecule has 0 aliphatic carbocycles. The van der Waals surface area contributed by atoms with Crippen molar-refractivity contribution in [3.63, 3.8) is 0 Å². The number of amides is 1. The Morgan fingerprint density at radius 1 is 1.18 bits per heavy atom. The van der Waals surface area contributed by atoms with Gasteiger partial charge in [-0.3, -0.25) is 9.69 Å². The minimum atomic E-state index is 0.0235. The van der Waals surface area contributed by atoms with E-state index in [1.807, 2.05) is 36.4 Å². The highest BCUT2D eigenvalue weighted by Crippen LogP contribution is 2.27. The fraction of sp³-hybridized carbons (Fsp3) is 0.0769. The zero-order valence-electron chi connectivity index (χ0n) is 8.93. The molecule has 0 radical (unpaired) electrons. The second-order valence-electron chi connectivity index (χ2n) is 3.88. The smallest absolute Gasteiger partial charge is 0.260 e. The summed E-state index contributed by atoms with van der Waals surface area (Å²) in [4.78, 5) is 18.1. The van der Waals surface area contributed by atoms with Gasteiger partial charge < -0.3 is 0 Å². The van der Waals surface area contributed by atoms with Crippen LogP contribution in [0.4, 0.5) is 5.82 Å². The summed E-state index contributed by atoms with van der Waals surface area (Å²) in [6, 6.07) is 11.4. The summed E-state index contributed by atoms with van der Waals surface area (Å²) >= 11 is 3.33. The lowest BCUT2D eigenvalue weighted by Crippen LogP contribution is -2.23. The standard InChI is InChI=1S/C13H9BrN2O/c14-10-5-6-12(15-7-10)16-8-9-3-1-2-4-11(9)13(16)17/h1-7H,8H2. The third-order valence-corrected chi connectivity index (χ3v) is 3.28. The summed E-state index contributed by atoms with van der Waals surface area (Å²) < 4.78 is 0.908.